The molecular formula is C23H28N2O4. The largest absolute Gasteiger partial charge is 0.497 e. The van der Waals surface area contributed by atoms with Gasteiger partial charge < -0.3 is 24.0 Å². The molecule has 0 unspecified atom stereocenters. The van der Waals surface area contributed by atoms with Crippen LogP contribution in [0.4, 0.5) is 5.69 Å². The number of rotatable bonds is 5. The second kappa shape index (κ2) is 7.85. The fraction of sp³-hybridized carbons (Fsp3) is 0.435. The number of benzene rings is 2. The Bertz CT molecular complexity index is 871. The molecule has 0 saturated carbocycles. The van der Waals surface area contributed by atoms with Crippen LogP contribution >= 0.6 is 0 Å². The van der Waals surface area contributed by atoms with Gasteiger partial charge >= 0.3 is 0 Å². The lowest BCUT2D eigenvalue weighted by atomic mass is 10.0. The summed E-state index contributed by atoms with van der Waals surface area (Å²) in [5, 5.41) is 0. The molecule has 0 spiro atoms. The van der Waals surface area contributed by atoms with E-state index in [0.29, 0.717) is 18.8 Å². The van der Waals surface area contributed by atoms with E-state index < -0.39 is 0 Å². The van der Waals surface area contributed by atoms with E-state index in [-0.39, 0.29) is 18.1 Å². The lowest BCUT2D eigenvalue weighted by Gasteiger charge is -2.36. The highest BCUT2D eigenvalue weighted by atomic mass is 16.5. The number of carbonyl (C=O) groups excluding carboxylic acids is 1. The first-order valence-corrected chi connectivity index (χ1v) is 10.1. The minimum atomic E-state index is -0.233. The van der Waals surface area contributed by atoms with E-state index in [0.717, 1.165) is 42.3 Å². The van der Waals surface area contributed by atoms with Gasteiger partial charge in [-0.2, -0.15) is 0 Å². The van der Waals surface area contributed by atoms with Gasteiger partial charge in [0, 0.05) is 43.9 Å². The van der Waals surface area contributed by atoms with E-state index >= 15 is 0 Å². The first-order valence-electron chi connectivity index (χ1n) is 10.1. The minimum absolute atomic E-state index is 0.00856. The van der Waals surface area contributed by atoms with Crippen molar-refractivity contribution < 1.29 is 19.0 Å². The number of methoxy groups -OCH3 is 1. The van der Waals surface area contributed by atoms with Crippen molar-refractivity contribution in [2.24, 2.45) is 0 Å². The molecule has 2 aliphatic heterocycles. The zero-order valence-corrected chi connectivity index (χ0v) is 17.3. The van der Waals surface area contributed by atoms with Gasteiger partial charge in [0.2, 0.25) is 0 Å². The van der Waals surface area contributed by atoms with E-state index in [1.54, 1.807) is 7.11 Å². The third-order valence-corrected chi connectivity index (χ3v) is 5.48. The molecular weight excluding hydrogens is 368 g/mol. The molecule has 29 heavy (non-hydrogen) atoms. The zero-order valence-electron chi connectivity index (χ0n) is 17.3. The van der Waals surface area contributed by atoms with E-state index in [2.05, 4.69) is 36.9 Å². The second-order valence-electron chi connectivity index (χ2n) is 8.14. The first kappa shape index (κ1) is 19.4. The molecule has 2 heterocycles. The highest BCUT2D eigenvalue weighted by molar-refractivity contribution is 5.78. The summed E-state index contributed by atoms with van der Waals surface area (Å²) in [6, 6.07) is 13.9. The van der Waals surface area contributed by atoms with Gasteiger partial charge in [-0.3, -0.25) is 4.79 Å². The SMILES string of the molecule is COc1ccc(N2CCN(C(=O)COc3cccc4c3OC(C)(C)C4)CC2)cc1. The number of hydrogen-bond donors (Lipinski definition) is 0. The van der Waals surface area contributed by atoms with Crippen molar-refractivity contribution in [3.05, 3.63) is 48.0 Å². The highest BCUT2D eigenvalue weighted by Crippen LogP contribution is 2.41. The number of anilines is 1. The van der Waals surface area contributed by atoms with Crippen molar-refractivity contribution in [1.29, 1.82) is 0 Å². The van der Waals surface area contributed by atoms with E-state index in [1.165, 1.54) is 0 Å². The lowest BCUT2D eigenvalue weighted by molar-refractivity contribution is -0.133. The van der Waals surface area contributed by atoms with Gasteiger partial charge in [-0.05, 0) is 44.2 Å². The molecule has 6 nitrogen and oxygen atoms in total. The predicted molar refractivity (Wildman–Crippen MR) is 112 cm³/mol. The Hall–Kier alpha value is -2.89. The van der Waals surface area contributed by atoms with Gasteiger partial charge in [0.25, 0.3) is 5.91 Å². The zero-order chi connectivity index (χ0) is 20.4. The Morgan fingerprint density at radius 3 is 2.48 bits per heavy atom. The quantitative estimate of drug-likeness (QED) is 0.777. The number of ether oxygens (including phenoxy) is 3. The Labute approximate surface area is 172 Å². The minimum Gasteiger partial charge on any atom is -0.497 e. The van der Waals surface area contributed by atoms with Crippen LogP contribution in [0, 0.1) is 0 Å². The Balaban J connectivity index is 1.30. The average molecular weight is 396 g/mol. The molecule has 154 valence electrons. The first-order chi connectivity index (χ1) is 13.9. The third kappa shape index (κ3) is 4.26. The van der Waals surface area contributed by atoms with Crippen molar-refractivity contribution in [3.8, 4) is 17.2 Å². The molecule has 4 rings (SSSR count). The van der Waals surface area contributed by atoms with Crippen LogP contribution in [-0.4, -0.2) is 56.3 Å². The molecule has 0 atom stereocenters. The molecule has 0 bridgehead atoms. The summed E-state index contributed by atoms with van der Waals surface area (Å²) in [7, 11) is 1.66. The molecule has 0 radical (unpaired) electrons. The van der Waals surface area contributed by atoms with Crippen LogP contribution in [0.1, 0.15) is 19.4 Å². The standard InChI is InChI=1S/C23H28N2O4/c1-23(2)15-17-5-4-6-20(22(17)29-23)28-16-21(26)25-13-11-24(12-14-25)18-7-9-19(27-3)10-8-18/h4-10H,11-16H2,1-3H3. The van der Waals surface area contributed by atoms with Crippen LogP contribution in [0.3, 0.4) is 0 Å². The summed E-state index contributed by atoms with van der Waals surface area (Å²) in [4.78, 5) is 16.8. The Kier molecular flexibility index (Phi) is 5.26. The number of carbonyl (C=O) groups is 1. The molecule has 2 aromatic rings. The maximum Gasteiger partial charge on any atom is 0.260 e. The topological polar surface area (TPSA) is 51.2 Å². The fourth-order valence-corrected chi connectivity index (χ4v) is 3.94. The monoisotopic (exact) mass is 396 g/mol. The maximum absolute atomic E-state index is 12.7. The number of piperazine rings is 1. The number of amides is 1. The molecule has 2 aliphatic rings. The third-order valence-electron chi connectivity index (χ3n) is 5.48. The average Bonchev–Trinajstić information content (AvgIpc) is 3.06. The summed E-state index contributed by atoms with van der Waals surface area (Å²) >= 11 is 0. The second-order valence-corrected chi connectivity index (χ2v) is 8.14. The van der Waals surface area contributed by atoms with Gasteiger partial charge in [0.1, 0.15) is 11.4 Å². The summed E-state index contributed by atoms with van der Waals surface area (Å²) in [5.74, 6) is 2.28. The summed E-state index contributed by atoms with van der Waals surface area (Å²) in [5.41, 5.74) is 2.05. The molecule has 1 fully saturated rings. The Morgan fingerprint density at radius 1 is 1.07 bits per heavy atom. The molecule has 1 saturated heterocycles. The number of para-hydroxylation sites is 1. The van der Waals surface area contributed by atoms with Crippen molar-refractivity contribution >= 4 is 11.6 Å². The van der Waals surface area contributed by atoms with E-state index in [9.17, 15) is 4.79 Å². The van der Waals surface area contributed by atoms with Gasteiger partial charge in [-0.1, -0.05) is 12.1 Å². The summed E-state index contributed by atoms with van der Waals surface area (Å²) in [6.07, 6.45) is 0.848. The van der Waals surface area contributed by atoms with Crippen LogP contribution in [0.25, 0.3) is 0 Å². The van der Waals surface area contributed by atoms with Gasteiger partial charge in [0.05, 0.1) is 7.11 Å². The molecule has 6 heteroatoms. The van der Waals surface area contributed by atoms with Gasteiger partial charge in [-0.25, -0.2) is 0 Å². The fourth-order valence-electron chi connectivity index (χ4n) is 3.94. The highest BCUT2D eigenvalue weighted by Gasteiger charge is 2.32. The predicted octanol–water partition coefficient (Wildman–Crippen LogP) is 3.14. The maximum atomic E-state index is 12.7. The van der Waals surface area contributed by atoms with Crippen molar-refractivity contribution in [1.82, 2.24) is 4.90 Å². The summed E-state index contributed by atoms with van der Waals surface area (Å²) < 4.78 is 17.1. The normalized spacial score (nSPS) is 17.5. The van der Waals surface area contributed by atoms with Crippen LogP contribution in [0.15, 0.2) is 42.5 Å². The smallest absolute Gasteiger partial charge is 0.260 e. The number of fused-ring (bicyclic) bond motifs is 1. The summed E-state index contributed by atoms with van der Waals surface area (Å²) in [6.45, 7) is 7.12. The van der Waals surface area contributed by atoms with Crippen molar-refractivity contribution in [3.63, 3.8) is 0 Å². The van der Waals surface area contributed by atoms with Crippen molar-refractivity contribution in [2.45, 2.75) is 25.9 Å². The molecule has 0 aliphatic carbocycles. The van der Waals surface area contributed by atoms with Crippen LogP contribution < -0.4 is 19.1 Å². The molecule has 2 aromatic carbocycles. The van der Waals surface area contributed by atoms with Crippen LogP contribution in [0.2, 0.25) is 0 Å². The van der Waals surface area contributed by atoms with E-state index in [1.807, 2.05) is 29.2 Å². The van der Waals surface area contributed by atoms with E-state index in [4.69, 9.17) is 14.2 Å². The number of hydrogen-bond acceptors (Lipinski definition) is 5. The molecule has 0 aromatic heterocycles. The van der Waals surface area contributed by atoms with Gasteiger partial charge in [-0.15, -0.1) is 0 Å². The van der Waals surface area contributed by atoms with Crippen LogP contribution in [0.5, 0.6) is 17.2 Å². The molecule has 0 N–H and O–H groups in total. The number of nitrogens with zero attached hydrogens (tertiary/aromatic N) is 2. The van der Waals surface area contributed by atoms with Gasteiger partial charge in [0.15, 0.2) is 18.1 Å². The van der Waals surface area contributed by atoms with Crippen LogP contribution in [-0.2, 0) is 11.2 Å². The molecule has 1 amide bonds. The lowest BCUT2D eigenvalue weighted by Crippen LogP contribution is -2.50. The van der Waals surface area contributed by atoms with Crippen molar-refractivity contribution in [2.75, 3.05) is 44.8 Å². The Morgan fingerprint density at radius 2 is 1.79 bits per heavy atom.